The van der Waals surface area contributed by atoms with Crippen LogP contribution in [0, 0.1) is 6.92 Å². The van der Waals surface area contributed by atoms with Gasteiger partial charge in [-0.25, -0.2) is 9.67 Å². The molecule has 9 heteroatoms. The second-order valence-electron chi connectivity index (χ2n) is 8.40. The van der Waals surface area contributed by atoms with Crippen LogP contribution < -0.4 is 4.90 Å². The molecule has 1 saturated heterocycles. The number of imidazole rings is 1. The van der Waals surface area contributed by atoms with Crippen LogP contribution >= 0.6 is 11.6 Å². The molecule has 1 atom stereocenters. The van der Waals surface area contributed by atoms with Gasteiger partial charge in [0.1, 0.15) is 5.82 Å². The number of aromatic amines is 1. The van der Waals surface area contributed by atoms with Gasteiger partial charge in [0.2, 0.25) is 0 Å². The summed E-state index contributed by atoms with van der Waals surface area (Å²) >= 11 is 5.92. The van der Waals surface area contributed by atoms with E-state index < -0.39 is 17.3 Å². The van der Waals surface area contributed by atoms with Gasteiger partial charge in [0, 0.05) is 18.9 Å². The predicted molar refractivity (Wildman–Crippen MR) is 118 cm³/mol. The van der Waals surface area contributed by atoms with Crippen molar-refractivity contribution in [1.82, 2.24) is 19.7 Å². The number of aromatic nitrogens is 4. The van der Waals surface area contributed by atoms with Gasteiger partial charge in [-0.2, -0.15) is 18.3 Å². The van der Waals surface area contributed by atoms with Crippen LogP contribution in [0.5, 0.6) is 0 Å². The zero-order valence-corrected chi connectivity index (χ0v) is 18.3. The van der Waals surface area contributed by atoms with Gasteiger partial charge in [0.25, 0.3) is 0 Å². The van der Waals surface area contributed by atoms with Crippen LogP contribution in [0.25, 0.3) is 16.7 Å². The number of benzene rings is 2. The van der Waals surface area contributed by atoms with Crippen LogP contribution in [0.4, 0.5) is 18.9 Å². The van der Waals surface area contributed by atoms with Crippen molar-refractivity contribution in [3.63, 3.8) is 0 Å². The van der Waals surface area contributed by atoms with E-state index in [0.717, 1.165) is 42.4 Å². The molecule has 2 aromatic carbocycles. The maximum atomic E-state index is 13.3. The molecule has 1 N–H and O–H groups in total. The number of alkyl halides is 3. The molecule has 0 bridgehead atoms. The zero-order valence-electron chi connectivity index (χ0n) is 17.5. The Morgan fingerprint density at radius 2 is 1.97 bits per heavy atom. The van der Waals surface area contributed by atoms with Crippen LogP contribution in [0.15, 0.2) is 48.8 Å². The van der Waals surface area contributed by atoms with E-state index >= 15 is 0 Å². The third kappa shape index (κ3) is 3.33. The van der Waals surface area contributed by atoms with E-state index in [1.165, 1.54) is 6.07 Å². The van der Waals surface area contributed by atoms with Gasteiger partial charge in [-0.1, -0.05) is 17.7 Å². The molecule has 0 radical (unpaired) electrons. The summed E-state index contributed by atoms with van der Waals surface area (Å²) < 4.78 is 41.8. The van der Waals surface area contributed by atoms with Gasteiger partial charge in [-0.15, -0.1) is 0 Å². The highest BCUT2D eigenvalue weighted by Gasteiger charge is 2.42. The van der Waals surface area contributed by atoms with Gasteiger partial charge >= 0.3 is 6.18 Å². The highest BCUT2D eigenvalue weighted by molar-refractivity contribution is 6.32. The number of anilines is 1. The van der Waals surface area contributed by atoms with Crippen LogP contribution in [-0.2, 0) is 11.7 Å². The lowest BCUT2D eigenvalue weighted by Crippen LogP contribution is -2.40. The molecular weight excluding hydrogens is 439 g/mol. The maximum absolute atomic E-state index is 13.3. The molecule has 32 heavy (non-hydrogen) atoms. The van der Waals surface area contributed by atoms with Crippen molar-refractivity contribution in [1.29, 1.82) is 0 Å². The fraction of sp³-hybridized carbons (Fsp3) is 0.304. The third-order valence-electron chi connectivity index (χ3n) is 6.20. The molecule has 0 aliphatic carbocycles. The van der Waals surface area contributed by atoms with Crippen molar-refractivity contribution >= 4 is 28.3 Å². The van der Waals surface area contributed by atoms with Crippen LogP contribution in [-0.4, -0.2) is 26.3 Å². The molecule has 3 heterocycles. The standard InChI is InChI=1S/C23H21ClF3N5/c1-14-5-6-19(32-10-4-8-28-32)20(11-14)31-9-3-7-22(31,2)21-29-17-12-15(23(25,26)27)16(24)13-18(17)30-21/h4-6,8,10-13H,3,7,9H2,1-2H3,(H,29,30)/t22-/m0/s1. The second kappa shape index (κ2) is 7.27. The maximum Gasteiger partial charge on any atom is 0.417 e. The first-order valence-electron chi connectivity index (χ1n) is 10.3. The van der Waals surface area contributed by atoms with Crippen molar-refractivity contribution in [2.24, 2.45) is 0 Å². The molecule has 5 rings (SSSR count). The fourth-order valence-corrected chi connectivity index (χ4v) is 4.82. The minimum Gasteiger partial charge on any atom is -0.357 e. The largest absolute Gasteiger partial charge is 0.417 e. The van der Waals surface area contributed by atoms with Crippen LogP contribution in [0.1, 0.15) is 36.7 Å². The molecule has 0 unspecified atom stereocenters. The average molecular weight is 460 g/mol. The van der Waals surface area contributed by atoms with Crippen molar-refractivity contribution in [2.75, 3.05) is 11.4 Å². The number of nitrogens with one attached hydrogen (secondary N) is 1. The Morgan fingerprint density at radius 3 is 2.69 bits per heavy atom. The lowest BCUT2D eigenvalue weighted by molar-refractivity contribution is -0.137. The molecule has 2 aromatic heterocycles. The number of hydrogen-bond acceptors (Lipinski definition) is 3. The molecule has 1 aliphatic heterocycles. The van der Waals surface area contributed by atoms with E-state index in [2.05, 4.69) is 33.0 Å². The predicted octanol–water partition coefficient (Wildman–Crippen LogP) is 6.24. The highest BCUT2D eigenvalue weighted by atomic mass is 35.5. The molecular formula is C23H21ClF3N5. The van der Waals surface area contributed by atoms with Crippen molar-refractivity contribution in [3.8, 4) is 5.69 Å². The van der Waals surface area contributed by atoms with E-state index in [1.54, 1.807) is 6.20 Å². The smallest absolute Gasteiger partial charge is 0.357 e. The number of aryl methyl sites for hydroxylation is 1. The summed E-state index contributed by atoms with van der Waals surface area (Å²) in [6.07, 6.45) is 0.825. The Labute approximate surface area is 187 Å². The fourth-order valence-electron chi connectivity index (χ4n) is 4.55. The van der Waals surface area contributed by atoms with Crippen molar-refractivity contribution in [2.45, 2.75) is 38.4 Å². The van der Waals surface area contributed by atoms with Crippen molar-refractivity contribution in [3.05, 3.63) is 70.8 Å². The first kappa shape index (κ1) is 20.9. The van der Waals surface area contributed by atoms with E-state index in [1.807, 2.05) is 36.0 Å². The number of hydrogen-bond donors (Lipinski definition) is 1. The molecule has 0 saturated carbocycles. The number of rotatable bonds is 3. The first-order valence-corrected chi connectivity index (χ1v) is 10.7. The topological polar surface area (TPSA) is 49.7 Å². The normalized spacial score (nSPS) is 19.2. The van der Waals surface area contributed by atoms with E-state index in [-0.39, 0.29) is 5.02 Å². The van der Waals surface area contributed by atoms with Gasteiger partial charge in [-0.3, -0.25) is 0 Å². The zero-order chi connectivity index (χ0) is 22.7. The van der Waals surface area contributed by atoms with E-state index in [0.29, 0.717) is 16.9 Å². The van der Waals surface area contributed by atoms with Crippen LogP contribution in [0.3, 0.4) is 0 Å². The molecule has 0 amide bonds. The summed E-state index contributed by atoms with van der Waals surface area (Å²) in [6.45, 7) is 4.89. The minimum atomic E-state index is -4.53. The Morgan fingerprint density at radius 1 is 1.16 bits per heavy atom. The quantitative estimate of drug-likeness (QED) is 0.394. The Bertz CT molecular complexity index is 1300. The Balaban J connectivity index is 1.63. The molecule has 166 valence electrons. The van der Waals surface area contributed by atoms with Crippen molar-refractivity contribution < 1.29 is 13.2 Å². The van der Waals surface area contributed by atoms with E-state index in [9.17, 15) is 13.2 Å². The van der Waals surface area contributed by atoms with Gasteiger partial charge in [0.15, 0.2) is 0 Å². The number of halogens is 4. The third-order valence-corrected chi connectivity index (χ3v) is 6.51. The second-order valence-corrected chi connectivity index (χ2v) is 8.81. The summed E-state index contributed by atoms with van der Waals surface area (Å²) in [7, 11) is 0. The van der Waals surface area contributed by atoms with Gasteiger partial charge in [0.05, 0.1) is 38.5 Å². The van der Waals surface area contributed by atoms with Gasteiger partial charge in [-0.05, 0) is 62.6 Å². The number of nitrogens with zero attached hydrogens (tertiary/aromatic N) is 4. The number of fused-ring (bicyclic) bond motifs is 1. The summed E-state index contributed by atoms with van der Waals surface area (Å²) in [5, 5.41) is 4.04. The Hall–Kier alpha value is -3.00. The summed E-state index contributed by atoms with van der Waals surface area (Å²) in [6, 6.07) is 10.4. The molecule has 4 aromatic rings. The highest BCUT2D eigenvalue weighted by Crippen LogP contribution is 2.44. The monoisotopic (exact) mass is 459 g/mol. The molecule has 0 spiro atoms. The summed E-state index contributed by atoms with van der Waals surface area (Å²) in [5.41, 5.74) is 2.39. The minimum absolute atomic E-state index is 0.321. The molecule has 5 nitrogen and oxygen atoms in total. The average Bonchev–Trinajstić information content (AvgIpc) is 3.46. The number of H-pyrrole nitrogens is 1. The Kier molecular flexibility index (Phi) is 4.74. The van der Waals surface area contributed by atoms with Crippen LogP contribution in [0.2, 0.25) is 5.02 Å². The summed E-state index contributed by atoms with van der Waals surface area (Å²) in [4.78, 5) is 10.1. The lowest BCUT2D eigenvalue weighted by atomic mass is 9.97. The molecule has 1 fully saturated rings. The van der Waals surface area contributed by atoms with Gasteiger partial charge < -0.3 is 9.88 Å². The lowest BCUT2D eigenvalue weighted by Gasteiger charge is -2.36. The first-order chi connectivity index (χ1) is 15.2. The van der Waals surface area contributed by atoms with E-state index in [4.69, 9.17) is 11.6 Å². The SMILES string of the molecule is Cc1ccc(-n2cccn2)c(N2CCC[C@@]2(C)c2nc3cc(Cl)c(C(F)(F)F)cc3[nH]2)c1. The molecule has 1 aliphatic rings. The summed E-state index contributed by atoms with van der Waals surface area (Å²) in [5.74, 6) is 0.619.